The summed E-state index contributed by atoms with van der Waals surface area (Å²) in [6.07, 6.45) is 5.83. The molecule has 6 aromatic carbocycles. The van der Waals surface area contributed by atoms with E-state index in [1.165, 1.54) is 71.0 Å². The normalized spacial score (nSPS) is 14.7. The Labute approximate surface area is 243 Å². The van der Waals surface area contributed by atoms with Crippen molar-refractivity contribution in [2.75, 3.05) is 0 Å². The lowest BCUT2D eigenvalue weighted by atomic mass is 9.90. The van der Waals surface area contributed by atoms with Crippen molar-refractivity contribution in [2.24, 2.45) is 0 Å². The van der Waals surface area contributed by atoms with Crippen LogP contribution in [0.5, 0.6) is 0 Å². The molecule has 2 heteroatoms. The first-order valence-corrected chi connectivity index (χ1v) is 14.7. The minimum atomic E-state index is 0.370. The molecule has 1 unspecified atom stereocenters. The highest BCUT2D eigenvalue weighted by molar-refractivity contribution is 6.12. The van der Waals surface area contributed by atoms with Crippen LogP contribution in [0.1, 0.15) is 17.9 Å². The monoisotopic (exact) mass is 536 g/mol. The Hall–Kier alpha value is -5.34. The third-order valence-electron chi connectivity index (χ3n) is 9.02. The van der Waals surface area contributed by atoms with E-state index < -0.39 is 0 Å². The van der Waals surface area contributed by atoms with E-state index >= 15 is 0 Å². The first-order valence-electron chi connectivity index (χ1n) is 14.7. The van der Waals surface area contributed by atoms with Gasteiger partial charge in [0, 0.05) is 38.8 Å². The van der Waals surface area contributed by atoms with Crippen LogP contribution in [0.4, 0.5) is 0 Å². The van der Waals surface area contributed by atoms with E-state index in [9.17, 15) is 0 Å². The Morgan fingerprint density at radius 1 is 0.429 bits per heavy atom. The van der Waals surface area contributed by atoms with Crippen LogP contribution >= 0.6 is 0 Å². The van der Waals surface area contributed by atoms with Crippen molar-refractivity contribution in [3.8, 4) is 11.4 Å². The van der Waals surface area contributed by atoms with Crippen LogP contribution in [0.15, 0.2) is 140 Å². The second kappa shape index (κ2) is 9.09. The number of hydrogen-bond donors (Lipinski definition) is 0. The van der Waals surface area contributed by atoms with Crippen LogP contribution in [0.2, 0.25) is 0 Å². The standard InChI is InChI=1S/C40H28N2/c1-2-11-28-24-30(21-20-27(28)10-1)29-12-9-13-31(25-29)41-39-19-8-5-16-35(39)36-26-32(22-23-40(36)41)42-37-17-6-3-14-33(37)34-15-4-7-18-38(34)42/h1-20,22-26,30H,21H2. The first kappa shape index (κ1) is 23.4. The topological polar surface area (TPSA) is 9.86 Å². The van der Waals surface area contributed by atoms with Gasteiger partial charge in [0.2, 0.25) is 0 Å². The van der Waals surface area contributed by atoms with Gasteiger partial charge < -0.3 is 9.13 Å². The van der Waals surface area contributed by atoms with Gasteiger partial charge in [-0.05, 0) is 71.0 Å². The van der Waals surface area contributed by atoms with Gasteiger partial charge in [0.25, 0.3) is 0 Å². The van der Waals surface area contributed by atoms with Crippen LogP contribution in [-0.2, 0) is 0 Å². The summed E-state index contributed by atoms with van der Waals surface area (Å²) in [5.74, 6) is 0.370. The van der Waals surface area contributed by atoms with Crippen LogP contribution in [0, 0.1) is 0 Å². The largest absolute Gasteiger partial charge is 0.309 e. The summed E-state index contributed by atoms with van der Waals surface area (Å²) in [6.45, 7) is 0. The molecule has 9 rings (SSSR count). The molecular formula is C40H28N2. The molecular weight excluding hydrogens is 508 g/mol. The molecule has 1 aliphatic carbocycles. The van der Waals surface area contributed by atoms with Gasteiger partial charge in [0.1, 0.15) is 0 Å². The van der Waals surface area contributed by atoms with Gasteiger partial charge in [-0.15, -0.1) is 0 Å². The zero-order chi connectivity index (χ0) is 27.6. The molecule has 0 amide bonds. The van der Waals surface area contributed by atoms with Crippen molar-refractivity contribution in [2.45, 2.75) is 12.3 Å². The molecule has 0 fully saturated rings. The lowest BCUT2D eigenvalue weighted by molar-refractivity contribution is 0.918. The fourth-order valence-corrected chi connectivity index (χ4v) is 7.09. The molecule has 1 aliphatic rings. The predicted molar refractivity (Wildman–Crippen MR) is 177 cm³/mol. The van der Waals surface area contributed by atoms with E-state index in [4.69, 9.17) is 0 Å². The fourth-order valence-electron chi connectivity index (χ4n) is 7.09. The number of benzene rings is 6. The molecule has 2 nitrogen and oxygen atoms in total. The van der Waals surface area contributed by atoms with E-state index in [0.717, 1.165) is 6.42 Å². The van der Waals surface area contributed by atoms with Gasteiger partial charge in [-0.3, -0.25) is 0 Å². The van der Waals surface area contributed by atoms with E-state index in [2.05, 4.69) is 161 Å². The van der Waals surface area contributed by atoms with E-state index in [0.29, 0.717) is 5.92 Å². The summed E-state index contributed by atoms with van der Waals surface area (Å²) < 4.78 is 4.84. The number of rotatable bonds is 3. The Balaban J connectivity index is 1.24. The van der Waals surface area contributed by atoms with Gasteiger partial charge in [0.05, 0.1) is 22.1 Å². The third-order valence-corrected chi connectivity index (χ3v) is 9.02. The first-order chi connectivity index (χ1) is 20.8. The maximum atomic E-state index is 2.43. The fraction of sp³-hybridized carbons (Fsp3) is 0.0500. The number of nitrogens with zero attached hydrogens (tertiary/aromatic N) is 2. The van der Waals surface area contributed by atoms with Gasteiger partial charge in [0.15, 0.2) is 0 Å². The van der Waals surface area contributed by atoms with Crippen molar-refractivity contribution in [1.29, 1.82) is 0 Å². The Morgan fingerprint density at radius 3 is 1.67 bits per heavy atom. The number of hydrogen-bond acceptors (Lipinski definition) is 0. The molecule has 0 spiro atoms. The summed E-state index contributed by atoms with van der Waals surface area (Å²) in [5.41, 5.74) is 8.66. The van der Waals surface area contributed by atoms with Gasteiger partial charge >= 0.3 is 0 Å². The maximum absolute atomic E-state index is 2.43. The van der Waals surface area contributed by atoms with Crippen molar-refractivity contribution < 1.29 is 0 Å². The summed E-state index contributed by atoms with van der Waals surface area (Å²) in [7, 11) is 0. The molecule has 0 N–H and O–H groups in total. The minimum Gasteiger partial charge on any atom is -0.309 e. The van der Waals surface area contributed by atoms with Crippen molar-refractivity contribution in [1.82, 2.24) is 9.13 Å². The smallest absolute Gasteiger partial charge is 0.0542 e. The highest BCUT2D eigenvalue weighted by Gasteiger charge is 2.17. The van der Waals surface area contributed by atoms with E-state index in [-0.39, 0.29) is 0 Å². The van der Waals surface area contributed by atoms with Crippen molar-refractivity contribution >= 4 is 55.8 Å². The summed E-state index contributed by atoms with van der Waals surface area (Å²) in [5, 5.41) is 7.77. The second-order valence-electron chi connectivity index (χ2n) is 11.4. The van der Waals surface area contributed by atoms with Crippen LogP contribution in [0.25, 0.3) is 67.1 Å². The number of aromatic nitrogens is 2. The molecule has 8 aromatic rings. The Morgan fingerprint density at radius 2 is 0.976 bits per heavy atom. The SMILES string of the molecule is C1=c2ccccc2=CC(c2cccc(-n3c4ccccc4c4cc(-n5c6ccccc6c6ccccc65)ccc43)c2)C1. The minimum absolute atomic E-state index is 0.370. The van der Waals surface area contributed by atoms with Crippen LogP contribution < -0.4 is 10.4 Å². The van der Waals surface area contributed by atoms with Gasteiger partial charge in [-0.25, -0.2) is 0 Å². The zero-order valence-electron chi connectivity index (χ0n) is 23.1. The summed E-state index contributed by atoms with van der Waals surface area (Å²) in [6, 6.07) is 51.0. The molecule has 2 aromatic heterocycles. The predicted octanol–water partition coefficient (Wildman–Crippen LogP) is 8.63. The second-order valence-corrected chi connectivity index (χ2v) is 11.4. The Bertz CT molecular complexity index is 2400. The molecule has 2 heterocycles. The van der Waals surface area contributed by atoms with Crippen LogP contribution in [0.3, 0.4) is 0 Å². The molecule has 0 radical (unpaired) electrons. The molecule has 0 bridgehead atoms. The third kappa shape index (κ3) is 3.45. The summed E-state index contributed by atoms with van der Waals surface area (Å²) >= 11 is 0. The van der Waals surface area contributed by atoms with E-state index in [1.807, 2.05) is 0 Å². The maximum Gasteiger partial charge on any atom is 0.0542 e. The van der Waals surface area contributed by atoms with Gasteiger partial charge in [-0.1, -0.05) is 103 Å². The lowest BCUT2D eigenvalue weighted by Crippen LogP contribution is -2.27. The zero-order valence-corrected chi connectivity index (χ0v) is 23.1. The molecule has 198 valence electrons. The van der Waals surface area contributed by atoms with Gasteiger partial charge in [-0.2, -0.15) is 0 Å². The van der Waals surface area contributed by atoms with Crippen molar-refractivity contribution in [3.63, 3.8) is 0 Å². The summed E-state index contributed by atoms with van der Waals surface area (Å²) in [4.78, 5) is 0. The lowest BCUT2D eigenvalue weighted by Gasteiger charge is -2.17. The molecule has 0 aliphatic heterocycles. The van der Waals surface area contributed by atoms with Crippen molar-refractivity contribution in [3.05, 3.63) is 156 Å². The average Bonchev–Trinajstić information content (AvgIpc) is 3.57. The molecule has 0 saturated heterocycles. The number of fused-ring (bicyclic) bond motifs is 7. The van der Waals surface area contributed by atoms with Crippen LogP contribution in [-0.4, -0.2) is 9.13 Å². The highest BCUT2D eigenvalue weighted by Crippen LogP contribution is 2.37. The molecule has 0 saturated carbocycles. The van der Waals surface area contributed by atoms with E-state index in [1.54, 1.807) is 0 Å². The molecule has 42 heavy (non-hydrogen) atoms. The molecule has 1 atom stereocenters. The quantitative estimate of drug-likeness (QED) is 0.214. The highest BCUT2D eigenvalue weighted by atomic mass is 15.0. The average molecular weight is 537 g/mol. The Kier molecular flexibility index (Phi) is 5.06. The number of para-hydroxylation sites is 3.